The zero-order valence-electron chi connectivity index (χ0n) is 8.33. The number of aromatic nitrogens is 2. The lowest BCUT2D eigenvalue weighted by molar-refractivity contribution is 0.697. The minimum Gasteiger partial charge on any atom is -0.365 e. The molecule has 1 aromatic rings. The molecule has 0 amide bonds. The molecule has 1 aromatic heterocycles. The highest BCUT2D eigenvalue weighted by atomic mass is 35.5. The molecule has 0 fully saturated rings. The van der Waals surface area contributed by atoms with Gasteiger partial charge < -0.3 is 10.6 Å². The Kier molecular flexibility index (Phi) is 3.53. The number of anilines is 1. The van der Waals surface area contributed by atoms with Crippen LogP contribution in [-0.4, -0.2) is 29.8 Å². The summed E-state index contributed by atoms with van der Waals surface area (Å²) in [4.78, 5) is 0. The molecule has 5 heteroatoms. The van der Waals surface area contributed by atoms with Gasteiger partial charge in [0, 0.05) is 13.1 Å². The summed E-state index contributed by atoms with van der Waals surface area (Å²) >= 11 is 5.64. The van der Waals surface area contributed by atoms with Crippen molar-refractivity contribution in [1.82, 2.24) is 15.5 Å². The van der Waals surface area contributed by atoms with Crippen molar-refractivity contribution >= 4 is 17.4 Å². The molecule has 2 N–H and O–H groups in total. The first kappa shape index (κ1) is 10.4. The van der Waals surface area contributed by atoms with Gasteiger partial charge in [0.2, 0.25) is 0 Å². The second-order valence-electron chi connectivity index (χ2n) is 3.41. The molecular weight excluding hydrogens is 212 g/mol. The Morgan fingerprint density at radius 2 is 2.33 bits per heavy atom. The lowest BCUT2D eigenvalue weighted by Gasteiger charge is -2.14. The molecule has 0 saturated carbocycles. The monoisotopic (exact) mass is 224 g/mol. The zero-order valence-corrected chi connectivity index (χ0v) is 9.09. The van der Waals surface area contributed by atoms with Crippen molar-refractivity contribution in [2.45, 2.75) is 6.42 Å². The predicted octanol–water partition coefficient (Wildman–Crippen LogP) is 1.46. The van der Waals surface area contributed by atoms with E-state index in [9.17, 15) is 0 Å². The first-order chi connectivity index (χ1) is 7.34. The lowest BCUT2D eigenvalue weighted by atomic mass is 10.1. The topological polar surface area (TPSA) is 49.8 Å². The third-order valence-electron chi connectivity index (χ3n) is 2.29. The molecule has 4 nitrogen and oxygen atoms in total. The maximum atomic E-state index is 5.64. The van der Waals surface area contributed by atoms with Crippen molar-refractivity contribution < 1.29 is 0 Å². The third-order valence-corrected chi connectivity index (χ3v) is 2.49. The van der Waals surface area contributed by atoms with Gasteiger partial charge in [-0.3, -0.25) is 0 Å². The van der Waals surface area contributed by atoms with Crippen molar-refractivity contribution in [2.24, 2.45) is 0 Å². The van der Waals surface area contributed by atoms with E-state index in [0.29, 0.717) is 5.15 Å². The van der Waals surface area contributed by atoms with Crippen LogP contribution >= 0.6 is 11.6 Å². The van der Waals surface area contributed by atoms with Crippen molar-refractivity contribution in [2.75, 3.05) is 25.0 Å². The van der Waals surface area contributed by atoms with Crippen LogP contribution in [0.15, 0.2) is 23.8 Å². The standard InChI is InChI=1S/C10H13ClN4/c11-9-1-2-10(15-14-9)13-7-8-3-5-12-6-4-8/h1-3,12H,4-7H2,(H,13,15). The van der Waals surface area contributed by atoms with Crippen LogP contribution in [0.3, 0.4) is 0 Å². The highest BCUT2D eigenvalue weighted by molar-refractivity contribution is 6.29. The first-order valence-corrected chi connectivity index (χ1v) is 5.34. The van der Waals surface area contributed by atoms with Gasteiger partial charge in [0.25, 0.3) is 0 Å². The van der Waals surface area contributed by atoms with Crippen LogP contribution in [0.4, 0.5) is 5.82 Å². The molecule has 0 unspecified atom stereocenters. The smallest absolute Gasteiger partial charge is 0.151 e. The summed E-state index contributed by atoms with van der Waals surface area (Å²) in [5.74, 6) is 0.763. The van der Waals surface area contributed by atoms with E-state index in [4.69, 9.17) is 11.6 Å². The Morgan fingerprint density at radius 3 is 3.00 bits per heavy atom. The van der Waals surface area contributed by atoms with E-state index >= 15 is 0 Å². The number of rotatable bonds is 3. The quantitative estimate of drug-likeness (QED) is 0.764. The number of halogens is 1. The molecule has 0 bridgehead atoms. The summed E-state index contributed by atoms with van der Waals surface area (Å²) in [6.45, 7) is 2.85. The highest BCUT2D eigenvalue weighted by Crippen LogP contribution is 2.08. The van der Waals surface area contributed by atoms with Gasteiger partial charge >= 0.3 is 0 Å². The summed E-state index contributed by atoms with van der Waals surface area (Å²) < 4.78 is 0. The average Bonchev–Trinajstić information content (AvgIpc) is 2.30. The molecule has 2 rings (SSSR count). The Morgan fingerprint density at radius 1 is 1.40 bits per heavy atom. The number of nitrogens with zero attached hydrogens (tertiary/aromatic N) is 2. The summed E-state index contributed by atoms with van der Waals surface area (Å²) in [6.07, 6.45) is 3.30. The van der Waals surface area contributed by atoms with Crippen LogP contribution in [0.5, 0.6) is 0 Å². The van der Waals surface area contributed by atoms with Crippen molar-refractivity contribution in [3.05, 3.63) is 28.9 Å². The van der Waals surface area contributed by atoms with Crippen molar-refractivity contribution in [3.8, 4) is 0 Å². The van der Waals surface area contributed by atoms with E-state index in [2.05, 4.69) is 26.9 Å². The SMILES string of the molecule is Clc1ccc(NCC2=CCNCC2)nn1. The molecule has 1 aliphatic heterocycles. The molecule has 0 aliphatic carbocycles. The lowest BCUT2D eigenvalue weighted by Crippen LogP contribution is -2.23. The van der Waals surface area contributed by atoms with Gasteiger partial charge in [-0.1, -0.05) is 23.3 Å². The molecule has 0 saturated heterocycles. The van der Waals surface area contributed by atoms with Crippen molar-refractivity contribution in [1.29, 1.82) is 0 Å². The van der Waals surface area contributed by atoms with Gasteiger partial charge in [-0.2, -0.15) is 0 Å². The average molecular weight is 225 g/mol. The number of hydrogen-bond acceptors (Lipinski definition) is 4. The van der Waals surface area contributed by atoms with Gasteiger partial charge in [-0.05, 0) is 25.1 Å². The fraction of sp³-hybridized carbons (Fsp3) is 0.400. The van der Waals surface area contributed by atoms with Crippen LogP contribution in [-0.2, 0) is 0 Å². The Bertz CT molecular complexity index is 347. The van der Waals surface area contributed by atoms with Gasteiger partial charge in [0.05, 0.1) is 0 Å². The van der Waals surface area contributed by atoms with Gasteiger partial charge in [0.1, 0.15) is 5.82 Å². The molecule has 1 aliphatic rings. The molecule has 15 heavy (non-hydrogen) atoms. The first-order valence-electron chi connectivity index (χ1n) is 4.96. The third kappa shape index (κ3) is 3.18. The van der Waals surface area contributed by atoms with E-state index in [-0.39, 0.29) is 0 Å². The largest absolute Gasteiger partial charge is 0.365 e. The van der Waals surface area contributed by atoms with E-state index in [0.717, 1.165) is 31.9 Å². The minimum absolute atomic E-state index is 0.418. The maximum Gasteiger partial charge on any atom is 0.151 e. The van der Waals surface area contributed by atoms with Crippen LogP contribution in [0.2, 0.25) is 5.15 Å². The fourth-order valence-electron chi connectivity index (χ4n) is 1.44. The highest BCUT2D eigenvalue weighted by Gasteiger charge is 2.02. The maximum absolute atomic E-state index is 5.64. The second kappa shape index (κ2) is 5.09. The van der Waals surface area contributed by atoms with E-state index in [1.54, 1.807) is 6.07 Å². The Balaban J connectivity index is 1.87. The second-order valence-corrected chi connectivity index (χ2v) is 3.80. The fourth-order valence-corrected chi connectivity index (χ4v) is 1.55. The van der Waals surface area contributed by atoms with Gasteiger partial charge in [-0.15, -0.1) is 10.2 Å². The molecule has 0 atom stereocenters. The van der Waals surface area contributed by atoms with Crippen LogP contribution in [0, 0.1) is 0 Å². The van der Waals surface area contributed by atoms with E-state index in [1.807, 2.05) is 6.07 Å². The predicted molar refractivity (Wildman–Crippen MR) is 61.1 cm³/mol. The summed E-state index contributed by atoms with van der Waals surface area (Å²) in [7, 11) is 0. The van der Waals surface area contributed by atoms with E-state index in [1.165, 1.54) is 5.57 Å². The summed E-state index contributed by atoms with van der Waals surface area (Å²) in [6, 6.07) is 3.56. The molecule has 2 heterocycles. The number of hydrogen-bond donors (Lipinski definition) is 2. The molecule has 0 aromatic carbocycles. The van der Waals surface area contributed by atoms with Crippen LogP contribution in [0.25, 0.3) is 0 Å². The van der Waals surface area contributed by atoms with Gasteiger partial charge in [-0.25, -0.2) is 0 Å². The zero-order chi connectivity index (χ0) is 10.5. The number of nitrogens with one attached hydrogen (secondary N) is 2. The van der Waals surface area contributed by atoms with Crippen LogP contribution < -0.4 is 10.6 Å². The molecule has 80 valence electrons. The molecule has 0 radical (unpaired) electrons. The molecular formula is C10H13ClN4. The van der Waals surface area contributed by atoms with E-state index < -0.39 is 0 Å². The summed E-state index contributed by atoms with van der Waals surface area (Å²) in [5.41, 5.74) is 1.41. The van der Waals surface area contributed by atoms with Gasteiger partial charge in [0.15, 0.2) is 5.15 Å². The van der Waals surface area contributed by atoms with Crippen molar-refractivity contribution in [3.63, 3.8) is 0 Å². The van der Waals surface area contributed by atoms with Crippen LogP contribution in [0.1, 0.15) is 6.42 Å². The normalized spacial score (nSPS) is 15.9. The Hall–Kier alpha value is -1.13. The minimum atomic E-state index is 0.418. The molecule has 0 spiro atoms. The Labute approximate surface area is 93.7 Å². The summed E-state index contributed by atoms with van der Waals surface area (Å²) in [5, 5.41) is 14.6.